The summed E-state index contributed by atoms with van der Waals surface area (Å²) in [5.74, 6) is 0. The molecule has 0 spiro atoms. The summed E-state index contributed by atoms with van der Waals surface area (Å²) in [6, 6.07) is 1.86. The Balaban J connectivity index is 2.96. The molecule has 1 N–H and O–H groups in total. The molecule has 0 saturated carbocycles. The van der Waals surface area contributed by atoms with Crippen molar-refractivity contribution in [1.82, 2.24) is 4.98 Å². The fourth-order valence-corrected chi connectivity index (χ4v) is 1.10. The van der Waals surface area contributed by atoms with Gasteiger partial charge in [0.15, 0.2) is 0 Å². The second kappa shape index (κ2) is 3.87. The lowest BCUT2D eigenvalue weighted by atomic mass is 10.1. The Kier molecular flexibility index (Phi) is 3.06. The van der Waals surface area contributed by atoms with E-state index in [0.29, 0.717) is 11.6 Å². The Labute approximate surface area is 77.2 Å². The van der Waals surface area contributed by atoms with E-state index >= 15 is 0 Å². The predicted molar refractivity (Wildman–Crippen MR) is 49.2 cm³/mol. The second-order valence-electron chi connectivity index (χ2n) is 2.80. The van der Waals surface area contributed by atoms with Gasteiger partial charge in [0.05, 0.1) is 6.10 Å². The van der Waals surface area contributed by atoms with Gasteiger partial charge in [0.25, 0.3) is 0 Å². The van der Waals surface area contributed by atoms with E-state index in [9.17, 15) is 5.11 Å². The maximum absolute atomic E-state index is 9.46. The minimum absolute atomic E-state index is 0.423. The lowest BCUT2D eigenvalue weighted by Gasteiger charge is -2.08. The number of hydrogen-bond acceptors (Lipinski definition) is 2. The Morgan fingerprint density at radius 1 is 1.67 bits per heavy atom. The first-order valence-corrected chi connectivity index (χ1v) is 4.33. The Morgan fingerprint density at radius 2 is 2.33 bits per heavy atom. The van der Waals surface area contributed by atoms with E-state index in [4.69, 9.17) is 11.6 Å². The summed E-state index contributed by atoms with van der Waals surface area (Å²) in [7, 11) is 0. The molecule has 1 atom stereocenters. The minimum atomic E-state index is -0.423. The van der Waals surface area contributed by atoms with Gasteiger partial charge < -0.3 is 5.11 Å². The van der Waals surface area contributed by atoms with Gasteiger partial charge in [-0.2, -0.15) is 0 Å². The van der Waals surface area contributed by atoms with Crippen molar-refractivity contribution in [2.45, 2.75) is 26.4 Å². The first-order chi connectivity index (χ1) is 5.65. The average molecular weight is 186 g/mol. The number of aliphatic hydroxyl groups excluding tert-OH is 1. The highest BCUT2D eigenvalue weighted by molar-refractivity contribution is 6.30. The normalized spacial score (nSPS) is 13.0. The van der Waals surface area contributed by atoms with E-state index in [1.807, 2.05) is 19.9 Å². The van der Waals surface area contributed by atoms with Crippen LogP contribution in [0.4, 0.5) is 0 Å². The summed E-state index contributed by atoms with van der Waals surface area (Å²) in [6.07, 6.45) is 1.89. The quantitative estimate of drug-likeness (QED) is 0.719. The number of hydrogen-bond donors (Lipinski definition) is 1. The van der Waals surface area contributed by atoms with Crippen LogP contribution in [-0.2, 0) is 0 Å². The van der Waals surface area contributed by atoms with E-state index in [1.54, 1.807) is 6.20 Å². The van der Waals surface area contributed by atoms with Crippen LogP contribution in [0.25, 0.3) is 0 Å². The highest BCUT2D eigenvalue weighted by Gasteiger charge is 2.06. The summed E-state index contributed by atoms with van der Waals surface area (Å²) in [5.41, 5.74) is 1.74. The van der Waals surface area contributed by atoms with Crippen molar-refractivity contribution >= 4 is 11.6 Å². The van der Waals surface area contributed by atoms with Gasteiger partial charge in [-0.1, -0.05) is 18.5 Å². The van der Waals surface area contributed by atoms with Crippen molar-refractivity contribution in [1.29, 1.82) is 0 Å². The Bertz CT molecular complexity index is 275. The van der Waals surface area contributed by atoms with Gasteiger partial charge in [-0.25, -0.2) is 4.98 Å². The molecular weight excluding hydrogens is 174 g/mol. The molecule has 12 heavy (non-hydrogen) atoms. The molecule has 3 heteroatoms. The molecule has 0 saturated heterocycles. The summed E-state index contributed by atoms with van der Waals surface area (Å²) >= 11 is 5.74. The van der Waals surface area contributed by atoms with Crippen LogP contribution in [0, 0.1) is 6.92 Å². The van der Waals surface area contributed by atoms with Gasteiger partial charge >= 0.3 is 0 Å². The number of rotatable bonds is 2. The molecule has 0 amide bonds. The van der Waals surface area contributed by atoms with Gasteiger partial charge in [0.2, 0.25) is 0 Å². The molecule has 1 rings (SSSR count). The fourth-order valence-electron chi connectivity index (χ4n) is 0.998. The highest BCUT2D eigenvalue weighted by atomic mass is 35.5. The van der Waals surface area contributed by atoms with Crippen LogP contribution in [0.1, 0.15) is 30.6 Å². The van der Waals surface area contributed by atoms with Crippen molar-refractivity contribution in [2.24, 2.45) is 0 Å². The van der Waals surface area contributed by atoms with E-state index < -0.39 is 6.10 Å². The van der Waals surface area contributed by atoms with Crippen LogP contribution in [0.15, 0.2) is 12.3 Å². The Morgan fingerprint density at radius 3 is 2.83 bits per heavy atom. The zero-order chi connectivity index (χ0) is 9.14. The van der Waals surface area contributed by atoms with Crippen molar-refractivity contribution in [3.63, 3.8) is 0 Å². The first kappa shape index (κ1) is 9.49. The number of aliphatic hydroxyl groups is 1. The summed E-state index contributed by atoms with van der Waals surface area (Å²) in [5, 5.41) is 9.96. The molecule has 1 heterocycles. The summed E-state index contributed by atoms with van der Waals surface area (Å²) < 4.78 is 0. The summed E-state index contributed by atoms with van der Waals surface area (Å²) in [6.45, 7) is 3.80. The SMILES string of the molecule is CC[C@@H](O)c1cnc(Cl)c(C)c1. The van der Waals surface area contributed by atoms with Crippen LogP contribution in [0.2, 0.25) is 5.15 Å². The van der Waals surface area contributed by atoms with E-state index in [1.165, 1.54) is 0 Å². The van der Waals surface area contributed by atoms with E-state index in [-0.39, 0.29) is 0 Å². The molecule has 0 radical (unpaired) electrons. The average Bonchev–Trinajstić information content (AvgIpc) is 2.08. The molecule has 0 aliphatic heterocycles. The van der Waals surface area contributed by atoms with Crippen molar-refractivity contribution in [2.75, 3.05) is 0 Å². The number of halogens is 1. The molecule has 1 aromatic heterocycles. The molecule has 2 nitrogen and oxygen atoms in total. The monoisotopic (exact) mass is 185 g/mol. The number of aryl methyl sites for hydroxylation is 1. The molecule has 0 unspecified atom stereocenters. The van der Waals surface area contributed by atoms with Gasteiger partial charge in [-0.05, 0) is 30.5 Å². The van der Waals surface area contributed by atoms with Crippen LogP contribution >= 0.6 is 11.6 Å². The lowest BCUT2D eigenvalue weighted by Crippen LogP contribution is -1.96. The van der Waals surface area contributed by atoms with E-state index in [2.05, 4.69) is 4.98 Å². The number of aromatic nitrogens is 1. The van der Waals surface area contributed by atoms with E-state index in [0.717, 1.165) is 11.1 Å². The second-order valence-corrected chi connectivity index (χ2v) is 3.16. The van der Waals surface area contributed by atoms with Crippen LogP contribution in [-0.4, -0.2) is 10.1 Å². The van der Waals surface area contributed by atoms with Crippen molar-refractivity contribution in [3.8, 4) is 0 Å². The standard InChI is InChI=1S/C9H12ClNO/c1-3-8(12)7-4-6(2)9(10)11-5-7/h4-5,8,12H,3H2,1-2H3/t8-/m1/s1. The predicted octanol–water partition coefficient (Wildman–Crippen LogP) is 2.49. The van der Waals surface area contributed by atoms with Crippen molar-refractivity contribution < 1.29 is 5.11 Å². The maximum atomic E-state index is 9.46. The van der Waals surface area contributed by atoms with Crippen LogP contribution in [0.3, 0.4) is 0 Å². The third kappa shape index (κ3) is 1.96. The Hall–Kier alpha value is -0.600. The van der Waals surface area contributed by atoms with Gasteiger partial charge in [-0.3, -0.25) is 0 Å². The molecule has 0 aliphatic carbocycles. The van der Waals surface area contributed by atoms with Gasteiger partial charge in [0, 0.05) is 6.20 Å². The first-order valence-electron chi connectivity index (χ1n) is 3.95. The number of pyridine rings is 1. The topological polar surface area (TPSA) is 33.1 Å². The zero-order valence-corrected chi connectivity index (χ0v) is 7.97. The molecule has 0 aliphatic rings. The lowest BCUT2D eigenvalue weighted by molar-refractivity contribution is 0.173. The highest BCUT2D eigenvalue weighted by Crippen LogP contribution is 2.19. The minimum Gasteiger partial charge on any atom is -0.388 e. The third-order valence-electron chi connectivity index (χ3n) is 1.81. The molecule has 0 aromatic carbocycles. The zero-order valence-electron chi connectivity index (χ0n) is 7.21. The van der Waals surface area contributed by atoms with Crippen molar-refractivity contribution in [3.05, 3.63) is 28.5 Å². The largest absolute Gasteiger partial charge is 0.388 e. The number of nitrogens with zero attached hydrogens (tertiary/aromatic N) is 1. The molecule has 1 aromatic rings. The smallest absolute Gasteiger partial charge is 0.131 e. The fraction of sp³-hybridized carbons (Fsp3) is 0.444. The van der Waals surface area contributed by atoms with Crippen LogP contribution < -0.4 is 0 Å². The van der Waals surface area contributed by atoms with Gasteiger partial charge in [-0.15, -0.1) is 0 Å². The molecule has 0 bridgehead atoms. The third-order valence-corrected chi connectivity index (χ3v) is 2.20. The summed E-state index contributed by atoms with van der Waals surface area (Å²) in [4.78, 5) is 3.95. The molecule has 66 valence electrons. The molecule has 0 fully saturated rings. The maximum Gasteiger partial charge on any atom is 0.131 e. The van der Waals surface area contributed by atoms with Gasteiger partial charge in [0.1, 0.15) is 5.15 Å². The van der Waals surface area contributed by atoms with Crippen LogP contribution in [0.5, 0.6) is 0 Å². The molecular formula is C9H12ClNO.